The lowest BCUT2D eigenvalue weighted by Gasteiger charge is -2.36. The van der Waals surface area contributed by atoms with Crippen molar-refractivity contribution >= 4 is 63.7 Å². The molecule has 67 heavy (non-hydrogen) atoms. The molecule has 10 aromatic rings. The van der Waals surface area contributed by atoms with Crippen LogP contribution in [0.15, 0.2) is 230 Å². The van der Waals surface area contributed by atoms with Crippen LogP contribution in [-0.4, -0.2) is 0 Å². The number of hydrogen-bond acceptors (Lipinski definition) is 0. The monoisotopic (exact) mass is 1110 g/mol. The summed E-state index contributed by atoms with van der Waals surface area (Å²) < 4.78 is 4.39. The Labute approximate surface area is 424 Å². The third kappa shape index (κ3) is 5.68. The summed E-state index contributed by atoms with van der Waals surface area (Å²) in [6.45, 7) is 2.18. The summed E-state index contributed by atoms with van der Waals surface area (Å²) in [5.41, 5.74) is 26.6. The summed E-state index contributed by atoms with van der Waals surface area (Å²) in [7, 11) is 0. The van der Waals surface area contributed by atoms with E-state index in [-0.39, 0.29) is 5.41 Å². The molecule has 10 aromatic carbocycles. The molecule has 0 saturated carbocycles. The van der Waals surface area contributed by atoms with Crippen LogP contribution in [0.3, 0.4) is 0 Å². The van der Waals surface area contributed by atoms with Crippen LogP contribution >= 0.6 is 63.7 Å². The molecule has 0 aromatic heterocycles. The van der Waals surface area contributed by atoms with Crippen molar-refractivity contribution in [2.75, 3.05) is 0 Å². The summed E-state index contributed by atoms with van der Waals surface area (Å²) in [6, 6.07) is 78.5. The molecule has 4 aliphatic carbocycles. The lowest BCUT2D eigenvalue weighted by molar-refractivity contribution is 0.773. The maximum atomic E-state index is 3.94. The highest BCUT2D eigenvalue weighted by atomic mass is 79.9. The van der Waals surface area contributed by atoms with Crippen LogP contribution in [0.1, 0.15) is 50.1 Å². The Hall–Kier alpha value is -5.88. The van der Waals surface area contributed by atoms with Crippen LogP contribution in [0.4, 0.5) is 0 Å². The second-order valence-corrected chi connectivity index (χ2v) is 21.4. The van der Waals surface area contributed by atoms with Crippen LogP contribution in [-0.2, 0) is 10.8 Å². The molecule has 318 valence electrons. The van der Waals surface area contributed by atoms with E-state index in [1.54, 1.807) is 0 Å². The molecule has 0 fully saturated rings. The molecule has 0 saturated heterocycles. The first-order valence-corrected chi connectivity index (χ1v) is 25.8. The van der Waals surface area contributed by atoms with Crippen molar-refractivity contribution in [2.45, 2.75) is 17.8 Å². The minimum atomic E-state index is -0.448. The zero-order valence-electron chi connectivity index (χ0n) is 36.2. The van der Waals surface area contributed by atoms with Gasteiger partial charge in [-0.15, -0.1) is 0 Å². The summed E-state index contributed by atoms with van der Waals surface area (Å²) in [6.07, 6.45) is 0. The number of halogens is 4. The van der Waals surface area contributed by atoms with E-state index >= 15 is 0 Å². The Morgan fingerprint density at radius 3 is 1.01 bits per heavy atom. The van der Waals surface area contributed by atoms with Gasteiger partial charge in [0.15, 0.2) is 0 Å². The molecule has 0 radical (unpaired) electrons. The van der Waals surface area contributed by atoms with Gasteiger partial charge in [0.05, 0.1) is 10.8 Å². The zero-order valence-corrected chi connectivity index (χ0v) is 42.6. The number of rotatable bonds is 0. The topological polar surface area (TPSA) is 0 Å². The van der Waals surface area contributed by atoms with E-state index in [9.17, 15) is 0 Å². The van der Waals surface area contributed by atoms with Gasteiger partial charge in [0.1, 0.15) is 0 Å². The Bertz CT molecular complexity index is 3560. The van der Waals surface area contributed by atoms with Crippen LogP contribution in [0.2, 0.25) is 0 Å². The molecule has 2 spiro atoms. The second-order valence-electron chi connectivity index (χ2n) is 17.9. The number of aryl methyl sites for hydroxylation is 1. The predicted molar refractivity (Wildman–Crippen MR) is 292 cm³/mol. The normalized spacial score (nSPS) is 14.0. The number of fused-ring (bicyclic) bond motifs is 24. The van der Waals surface area contributed by atoms with E-state index in [1.165, 1.54) is 117 Å². The van der Waals surface area contributed by atoms with Gasteiger partial charge in [0.2, 0.25) is 0 Å². The van der Waals surface area contributed by atoms with E-state index in [0.717, 1.165) is 17.9 Å². The molecule has 0 heterocycles. The summed E-state index contributed by atoms with van der Waals surface area (Å²) in [5.74, 6) is 0. The van der Waals surface area contributed by atoms with Gasteiger partial charge in [-0.1, -0.05) is 214 Å². The quantitative estimate of drug-likeness (QED) is 0.142. The molecular weight excluding hydrogens is 1080 g/mol. The molecular formula is C63H38Br4. The van der Waals surface area contributed by atoms with Crippen LogP contribution in [0.5, 0.6) is 0 Å². The van der Waals surface area contributed by atoms with Crippen molar-refractivity contribution < 1.29 is 0 Å². The van der Waals surface area contributed by atoms with Gasteiger partial charge in [-0.3, -0.25) is 0 Å². The maximum Gasteiger partial charge on any atom is 0.0726 e. The molecule has 4 aliphatic rings. The fourth-order valence-corrected chi connectivity index (χ4v) is 13.9. The fraction of sp³-hybridized carbons (Fsp3) is 0.0476. The van der Waals surface area contributed by atoms with Gasteiger partial charge < -0.3 is 0 Å². The van der Waals surface area contributed by atoms with Crippen molar-refractivity contribution in [3.63, 3.8) is 0 Å². The standard InChI is InChI=1S/C32H19Br3.C31H19Br/c1-18-14-23-19-8-2-3-9-20(19)24-15-30(34)31(35)17-28(24)32(27(23)16-29(18)33)25-12-6-4-10-21(25)22-11-5-7-13-26(22)32;32-29-19-9-18-28-30(29)24-14-2-1-10-20(24)21-11-3-6-15-25(21)31(28)26-16-7-4-12-22(26)23-13-5-8-17-27(23)31/h2-17H,1H3;1-19H. The molecule has 4 heteroatoms. The minimum Gasteiger partial charge on any atom is -0.0619 e. The Kier molecular flexibility index (Phi) is 9.61. The third-order valence-corrected chi connectivity index (χ3v) is 18.2. The predicted octanol–water partition coefficient (Wildman–Crippen LogP) is 18.8. The van der Waals surface area contributed by atoms with Crippen LogP contribution in [0, 0.1) is 6.92 Å². The third-order valence-electron chi connectivity index (χ3n) is 14.8. The smallest absolute Gasteiger partial charge is 0.0619 e. The van der Waals surface area contributed by atoms with E-state index in [0.29, 0.717) is 0 Å². The van der Waals surface area contributed by atoms with Gasteiger partial charge in [-0.2, -0.15) is 0 Å². The van der Waals surface area contributed by atoms with Crippen molar-refractivity contribution in [1.29, 1.82) is 0 Å². The average molecular weight is 1110 g/mol. The van der Waals surface area contributed by atoms with Gasteiger partial charge in [-0.05, 0) is 180 Å². The Morgan fingerprint density at radius 1 is 0.239 bits per heavy atom. The van der Waals surface area contributed by atoms with Crippen molar-refractivity contribution in [3.05, 3.63) is 280 Å². The lowest BCUT2D eigenvalue weighted by Crippen LogP contribution is -2.29. The minimum absolute atomic E-state index is 0.373. The van der Waals surface area contributed by atoms with Crippen LogP contribution in [0.25, 0.3) is 66.8 Å². The number of benzene rings is 10. The Morgan fingerprint density at radius 2 is 0.552 bits per heavy atom. The molecule has 14 rings (SSSR count). The van der Waals surface area contributed by atoms with Gasteiger partial charge in [0, 0.05) is 23.5 Å². The van der Waals surface area contributed by atoms with Crippen molar-refractivity contribution in [3.8, 4) is 66.8 Å². The maximum absolute atomic E-state index is 3.94. The number of hydrogen-bond donors (Lipinski definition) is 0. The molecule has 0 unspecified atom stereocenters. The van der Waals surface area contributed by atoms with E-state index < -0.39 is 5.41 Å². The van der Waals surface area contributed by atoms with Crippen LogP contribution < -0.4 is 0 Å². The van der Waals surface area contributed by atoms with Gasteiger partial charge in [-0.25, -0.2) is 0 Å². The molecule has 0 N–H and O–H groups in total. The first kappa shape index (κ1) is 41.3. The van der Waals surface area contributed by atoms with E-state index in [4.69, 9.17) is 0 Å². The first-order chi connectivity index (χ1) is 32.8. The van der Waals surface area contributed by atoms with Crippen molar-refractivity contribution in [2.24, 2.45) is 0 Å². The van der Waals surface area contributed by atoms with Gasteiger partial charge >= 0.3 is 0 Å². The summed E-state index contributed by atoms with van der Waals surface area (Å²) >= 11 is 15.5. The lowest BCUT2D eigenvalue weighted by atomic mass is 9.66. The van der Waals surface area contributed by atoms with E-state index in [1.807, 2.05) is 0 Å². The highest BCUT2D eigenvalue weighted by molar-refractivity contribution is 9.13. The highest BCUT2D eigenvalue weighted by Crippen LogP contribution is 2.64. The van der Waals surface area contributed by atoms with E-state index in [2.05, 4.69) is 283 Å². The molecule has 0 bridgehead atoms. The zero-order chi connectivity index (χ0) is 45.2. The fourth-order valence-electron chi connectivity index (χ4n) is 12.3. The SMILES string of the molecule is Brc1cccc2c1-c1ccccc1-c1ccccc1C21c2ccccc2-c2ccccc21.Cc1cc2c(cc1Br)C1(c3cc(Br)c(Br)cc3-c3ccccc3-2)c2ccccc2-c2ccccc21. The highest BCUT2D eigenvalue weighted by Gasteiger charge is 2.51. The summed E-state index contributed by atoms with van der Waals surface area (Å²) in [4.78, 5) is 0. The molecule has 0 aliphatic heterocycles. The summed E-state index contributed by atoms with van der Waals surface area (Å²) in [5, 5.41) is 0. The van der Waals surface area contributed by atoms with Crippen molar-refractivity contribution in [1.82, 2.24) is 0 Å². The molecule has 0 nitrogen and oxygen atoms in total. The first-order valence-electron chi connectivity index (χ1n) is 22.6. The second kappa shape index (κ2) is 15.6. The largest absolute Gasteiger partial charge is 0.0726 e. The molecule has 0 atom stereocenters. The van der Waals surface area contributed by atoms with Gasteiger partial charge in [0.25, 0.3) is 0 Å². The molecule has 0 amide bonds. The average Bonchev–Trinajstić information content (AvgIpc) is 3.76. The Balaban J connectivity index is 0.000000134.